The Hall–Kier alpha value is -1.60. The van der Waals surface area contributed by atoms with Crippen LogP contribution in [0.1, 0.15) is 10.4 Å². The molecule has 0 atom stereocenters. The van der Waals surface area contributed by atoms with Gasteiger partial charge in [0.05, 0.1) is 5.75 Å². The Kier molecular flexibility index (Phi) is 3.30. The van der Waals surface area contributed by atoms with Gasteiger partial charge >= 0.3 is 0 Å². The normalized spacial score (nSPS) is 15.2. The van der Waals surface area contributed by atoms with Crippen LogP contribution in [0.5, 0.6) is 5.75 Å². The molecule has 88 valence electrons. The SMILES string of the molecule is O=C(NN1C(=O)CSC1=S)c1ccc(O)cc1. The molecule has 0 saturated carbocycles. The topological polar surface area (TPSA) is 69.6 Å². The van der Waals surface area contributed by atoms with E-state index >= 15 is 0 Å². The van der Waals surface area contributed by atoms with Gasteiger partial charge in [0, 0.05) is 5.56 Å². The Bertz CT molecular complexity index is 471. The number of carbonyl (C=O) groups is 2. The molecule has 1 aromatic rings. The van der Waals surface area contributed by atoms with Gasteiger partial charge in [-0.05, 0) is 24.3 Å². The molecule has 2 amide bonds. The van der Waals surface area contributed by atoms with E-state index in [0.29, 0.717) is 9.88 Å². The third kappa shape index (κ3) is 2.56. The average molecular weight is 268 g/mol. The molecule has 1 saturated heterocycles. The lowest BCUT2D eigenvalue weighted by molar-refractivity contribution is -0.125. The summed E-state index contributed by atoms with van der Waals surface area (Å²) in [5.41, 5.74) is 2.76. The van der Waals surface area contributed by atoms with Gasteiger partial charge in [-0.15, -0.1) is 0 Å². The molecule has 5 nitrogen and oxygen atoms in total. The largest absolute Gasteiger partial charge is 0.508 e. The van der Waals surface area contributed by atoms with E-state index in [1.165, 1.54) is 36.0 Å². The molecule has 1 heterocycles. The van der Waals surface area contributed by atoms with E-state index in [2.05, 4.69) is 5.43 Å². The van der Waals surface area contributed by atoms with Gasteiger partial charge < -0.3 is 5.11 Å². The second-order valence-electron chi connectivity index (χ2n) is 3.27. The van der Waals surface area contributed by atoms with Crippen LogP contribution in [-0.2, 0) is 4.79 Å². The van der Waals surface area contributed by atoms with Gasteiger partial charge in [-0.1, -0.05) is 24.0 Å². The summed E-state index contributed by atoms with van der Waals surface area (Å²) in [7, 11) is 0. The van der Waals surface area contributed by atoms with E-state index < -0.39 is 5.91 Å². The van der Waals surface area contributed by atoms with Gasteiger partial charge in [-0.3, -0.25) is 15.0 Å². The van der Waals surface area contributed by atoms with Crippen LogP contribution in [0.3, 0.4) is 0 Å². The number of nitrogens with zero attached hydrogens (tertiary/aromatic N) is 1. The minimum absolute atomic E-state index is 0.0740. The zero-order valence-electron chi connectivity index (χ0n) is 8.54. The fourth-order valence-corrected chi connectivity index (χ4v) is 2.22. The first-order valence-corrected chi connectivity index (χ1v) is 6.07. The quantitative estimate of drug-likeness (QED) is 0.780. The van der Waals surface area contributed by atoms with Crippen molar-refractivity contribution in [3.63, 3.8) is 0 Å². The molecule has 2 rings (SSSR count). The number of aromatic hydroxyl groups is 1. The van der Waals surface area contributed by atoms with E-state index in [1.807, 2.05) is 0 Å². The monoisotopic (exact) mass is 268 g/mol. The van der Waals surface area contributed by atoms with Gasteiger partial charge in [-0.2, -0.15) is 0 Å². The number of hydrazine groups is 1. The molecule has 1 fully saturated rings. The third-order valence-corrected chi connectivity index (χ3v) is 3.45. The third-order valence-electron chi connectivity index (χ3n) is 2.09. The summed E-state index contributed by atoms with van der Waals surface area (Å²) in [6, 6.07) is 5.71. The lowest BCUT2D eigenvalue weighted by atomic mass is 10.2. The fourth-order valence-electron chi connectivity index (χ4n) is 1.24. The number of phenolic OH excluding ortho intramolecular Hbond substituents is 1. The van der Waals surface area contributed by atoms with Crippen LogP contribution in [0.4, 0.5) is 0 Å². The predicted octanol–water partition coefficient (Wildman–Crippen LogP) is 0.897. The molecule has 1 aliphatic heterocycles. The summed E-state index contributed by atoms with van der Waals surface area (Å²) in [4.78, 5) is 23.1. The van der Waals surface area contributed by atoms with E-state index in [1.54, 1.807) is 0 Å². The van der Waals surface area contributed by atoms with Gasteiger partial charge in [0.1, 0.15) is 5.75 Å². The number of hydrogen-bond acceptors (Lipinski definition) is 5. The van der Waals surface area contributed by atoms with Crippen LogP contribution in [0, 0.1) is 0 Å². The summed E-state index contributed by atoms with van der Waals surface area (Å²) < 4.78 is 0.335. The van der Waals surface area contributed by atoms with Crippen LogP contribution in [0.15, 0.2) is 24.3 Å². The Morgan fingerprint density at radius 1 is 1.41 bits per heavy atom. The van der Waals surface area contributed by atoms with E-state index in [9.17, 15) is 9.59 Å². The Morgan fingerprint density at radius 2 is 2.06 bits per heavy atom. The van der Waals surface area contributed by atoms with Crippen LogP contribution in [-0.4, -0.2) is 32.0 Å². The zero-order chi connectivity index (χ0) is 12.4. The van der Waals surface area contributed by atoms with Crippen molar-refractivity contribution in [3.05, 3.63) is 29.8 Å². The lowest BCUT2D eigenvalue weighted by Gasteiger charge is -2.15. The summed E-state index contributed by atoms with van der Waals surface area (Å²) in [6.45, 7) is 0. The standard InChI is InChI=1S/C10H8N2O3S2/c13-7-3-1-6(2-4-7)9(15)11-12-8(14)5-17-10(12)16/h1-4,13H,5H2,(H,11,15). The average Bonchev–Trinajstić information content (AvgIpc) is 2.61. The number of nitrogens with one attached hydrogen (secondary N) is 1. The summed E-state index contributed by atoms with van der Waals surface area (Å²) in [5, 5.41) is 10.2. The minimum atomic E-state index is -0.441. The number of thiocarbonyl (C=S) groups is 1. The van der Waals surface area contributed by atoms with E-state index in [4.69, 9.17) is 17.3 Å². The highest BCUT2D eigenvalue weighted by atomic mass is 32.2. The maximum Gasteiger partial charge on any atom is 0.270 e. The number of carbonyl (C=O) groups excluding carboxylic acids is 2. The number of hydrogen-bond donors (Lipinski definition) is 2. The van der Waals surface area contributed by atoms with E-state index in [0.717, 1.165) is 5.01 Å². The highest BCUT2D eigenvalue weighted by molar-refractivity contribution is 8.23. The van der Waals surface area contributed by atoms with Crippen LogP contribution in [0.25, 0.3) is 0 Å². The lowest BCUT2D eigenvalue weighted by Crippen LogP contribution is -2.45. The molecule has 0 aliphatic carbocycles. The fraction of sp³-hybridized carbons (Fsp3) is 0.100. The van der Waals surface area contributed by atoms with Crippen molar-refractivity contribution in [1.29, 1.82) is 0 Å². The predicted molar refractivity (Wildman–Crippen MR) is 67.5 cm³/mol. The second kappa shape index (κ2) is 4.72. The maximum absolute atomic E-state index is 11.7. The molecule has 17 heavy (non-hydrogen) atoms. The molecular formula is C10H8N2O3S2. The molecule has 0 bridgehead atoms. The molecule has 0 unspecified atom stereocenters. The van der Waals surface area contributed by atoms with Crippen molar-refractivity contribution >= 4 is 40.1 Å². The van der Waals surface area contributed by atoms with Crippen molar-refractivity contribution in [2.75, 3.05) is 5.75 Å². The molecule has 2 N–H and O–H groups in total. The highest BCUT2D eigenvalue weighted by Crippen LogP contribution is 2.17. The van der Waals surface area contributed by atoms with Gasteiger partial charge in [0.25, 0.3) is 11.8 Å². The van der Waals surface area contributed by atoms with Gasteiger partial charge in [0.2, 0.25) is 0 Å². The van der Waals surface area contributed by atoms with Crippen LogP contribution < -0.4 is 5.43 Å². The number of benzene rings is 1. The van der Waals surface area contributed by atoms with Crippen molar-refractivity contribution in [2.24, 2.45) is 0 Å². The maximum atomic E-state index is 11.7. The first-order chi connectivity index (χ1) is 8.08. The summed E-state index contributed by atoms with van der Waals surface area (Å²) in [5.74, 6) is -0.366. The molecular weight excluding hydrogens is 260 g/mol. The summed E-state index contributed by atoms with van der Waals surface area (Å²) >= 11 is 6.13. The molecule has 1 aliphatic rings. The summed E-state index contributed by atoms with van der Waals surface area (Å²) in [6.07, 6.45) is 0. The smallest absolute Gasteiger partial charge is 0.270 e. The van der Waals surface area contributed by atoms with Gasteiger partial charge in [0.15, 0.2) is 4.32 Å². The minimum Gasteiger partial charge on any atom is -0.508 e. The van der Waals surface area contributed by atoms with Crippen molar-refractivity contribution < 1.29 is 14.7 Å². The first-order valence-electron chi connectivity index (χ1n) is 4.67. The molecule has 7 heteroatoms. The highest BCUT2D eigenvalue weighted by Gasteiger charge is 2.28. The van der Waals surface area contributed by atoms with Gasteiger partial charge in [-0.25, -0.2) is 5.01 Å². The molecule has 0 spiro atoms. The molecule has 1 aromatic carbocycles. The zero-order valence-corrected chi connectivity index (χ0v) is 10.2. The second-order valence-corrected chi connectivity index (χ2v) is 4.88. The van der Waals surface area contributed by atoms with E-state index in [-0.39, 0.29) is 17.4 Å². The number of phenols is 1. The molecule has 0 aromatic heterocycles. The van der Waals surface area contributed by atoms with Crippen LogP contribution in [0.2, 0.25) is 0 Å². The Morgan fingerprint density at radius 3 is 2.59 bits per heavy atom. The number of rotatable bonds is 2. The van der Waals surface area contributed by atoms with Crippen molar-refractivity contribution in [2.45, 2.75) is 0 Å². The number of amides is 2. The van der Waals surface area contributed by atoms with Crippen LogP contribution >= 0.6 is 24.0 Å². The molecule has 0 radical (unpaired) electrons. The first kappa shape index (κ1) is 11.9. The Balaban J connectivity index is 2.09. The number of thioether (sulfide) groups is 1. The Labute approximate surface area is 107 Å². The van der Waals surface area contributed by atoms with Crippen molar-refractivity contribution in [3.8, 4) is 5.75 Å². The van der Waals surface area contributed by atoms with Crippen molar-refractivity contribution in [1.82, 2.24) is 10.4 Å².